The summed E-state index contributed by atoms with van der Waals surface area (Å²) in [4.78, 5) is 0. The molecule has 31 heteroatoms. The average Bonchev–Trinajstić information content (AvgIpc) is 3.81. The molecule has 4 aliphatic heterocycles. The zero-order valence-electron chi connectivity index (χ0n) is 31.3. The number of halogens is 24. The van der Waals surface area contributed by atoms with Crippen LogP contribution in [-0.4, -0.2) is 57.5 Å². The monoisotopic (exact) mass is 1040 g/mol. The van der Waals surface area contributed by atoms with E-state index in [9.17, 15) is 0 Å². The third-order valence-electron chi connectivity index (χ3n) is 11.7. The number of rotatable bonds is 2. The van der Waals surface area contributed by atoms with Crippen LogP contribution in [0.3, 0.4) is 0 Å². The molecule has 4 aromatic carbocycles. The molecule has 2 spiro atoms. The average molecular weight is 1040 g/mol. The van der Waals surface area contributed by atoms with Crippen molar-refractivity contribution in [2.75, 3.05) is 0 Å². The van der Waals surface area contributed by atoms with Crippen molar-refractivity contribution in [3.8, 4) is 0 Å². The molecular weight excluding hydrogens is 1030 g/mol. The molecule has 0 aliphatic carbocycles. The van der Waals surface area contributed by atoms with Crippen LogP contribution in [0.4, 0.5) is 105 Å². The zero-order chi connectivity index (χ0) is 50.4. The molecule has 0 fully saturated rings. The third-order valence-corrected chi connectivity index (χ3v) is 22.1. The van der Waals surface area contributed by atoms with E-state index in [4.69, 9.17) is 4.21 Å². The van der Waals surface area contributed by atoms with Crippen molar-refractivity contribution in [2.45, 2.75) is 71.8 Å². The first-order valence-electron chi connectivity index (χ1n) is 17.8. The van der Waals surface area contributed by atoms with Crippen LogP contribution >= 0.6 is 7.28 Å². The van der Waals surface area contributed by atoms with Crippen molar-refractivity contribution in [1.29, 1.82) is 0 Å². The second-order valence-corrected chi connectivity index (χ2v) is 22.5. The normalized spacial score (nSPS) is 24.2. The minimum absolute atomic E-state index is 0.141. The Balaban J connectivity index is 1.75. The standard InChI is InChI=1S/C36H16F24O5PSi/c37-29(38,39)25(30(40,41)42)17-9-1-5-13-21(17)66(61-25,22-14-6-2-10-18(22)26(62-66,31(43,44)45)32(46,47)48)65-67(23-15-7-3-11-19(23)27(63-67,33(49,50)51)34(52,53)54)24-16-8-4-12-20(24)28(64-67,35(55,56)57)36(58,59)60/h1-16H/q-1. The first-order chi connectivity index (χ1) is 30.1. The van der Waals surface area contributed by atoms with E-state index in [0.29, 0.717) is 0 Å². The molecule has 0 saturated heterocycles. The van der Waals surface area contributed by atoms with Gasteiger partial charge >= 0.3 is 355 Å². The molecule has 0 saturated carbocycles. The van der Waals surface area contributed by atoms with Gasteiger partial charge in [0.1, 0.15) is 0 Å². The second kappa shape index (κ2) is 12.9. The Morgan fingerprint density at radius 2 is 0.567 bits per heavy atom. The van der Waals surface area contributed by atoms with Gasteiger partial charge < -0.3 is 0 Å². The summed E-state index contributed by atoms with van der Waals surface area (Å²) in [5.74, 6) is 0. The number of benzene rings is 4. The number of fused-ring (bicyclic) bond motifs is 8. The first-order valence-corrected chi connectivity index (χ1v) is 22.0. The van der Waals surface area contributed by atoms with Gasteiger partial charge in [-0.3, -0.25) is 0 Å². The topological polar surface area (TPSA) is 46.2 Å². The van der Waals surface area contributed by atoms with Gasteiger partial charge in [0.15, 0.2) is 0 Å². The van der Waals surface area contributed by atoms with Crippen LogP contribution in [0.2, 0.25) is 0 Å². The van der Waals surface area contributed by atoms with Gasteiger partial charge in [-0.1, -0.05) is 0 Å². The van der Waals surface area contributed by atoms with Gasteiger partial charge in [0.2, 0.25) is 0 Å². The van der Waals surface area contributed by atoms with E-state index >= 15 is 105 Å². The van der Waals surface area contributed by atoms with Gasteiger partial charge in [0.25, 0.3) is 0 Å². The van der Waals surface area contributed by atoms with Crippen LogP contribution in [0.5, 0.6) is 0 Å². The molecule has 4 heterocycles. The van der Waals surface area contributed by atoms with Crippen molar-refractivity contribution in [2.24, 2.45) is 0 Å². The number of alkyl halides is 24. The molecule has 4 aliphatic rings. The summed E-state index contributed by atoms with van der Waals surface area (Å²) in [5, 5.41) is -10.4. The molecule has 67 heavy (non-hydrogen) atoms. The van der Waals surface area contributed by atoms with Gasteiger partial charge in [0, 0.05) is 0 Å². The SMILES string of the molecule is FC(F)(F)C1(C(F)(F)F)O[Si-]2(OP34(OC(C(F)(F)F)(C(F)(F)F)c5ccccc53)OC(C(F)(F)F)(C(F)(F)F)c3ccccc34)(OC(C(F)(F)F)(C(F)(F)F)c3ccccc32)c2ccccc21. The molecule has 0 bridgehead atoms. The molecule has 8 rings (SSSR count). The first kappa shape index (κ1) is 49.1. The van der Waals surface area contributed by atoms with Crippen molar-refractivity contribution in [3.63, 3.8) is 0 Å². The summed E-state index contributed by atoms with van der Waals surface area (Å²) in [7, 11) is -19.6. The molecule has 5 nitrogen and oxygen atoms in total. The van der Waals surface area contributed by atoms with E-state index in [1.807, 2.05) is 0 Å². The Kier molecular flexibility index (Phi) is 9.44. The molecule has 0 amide bonds. The fourth-order valence-corrected chi connectivity index (χ4v) is 23.1. The van der Waals surface area contributed by atoms with Crippen LogP contribution < -0.4 is 21.0 Å². The molecule has 368 valence electrons. The fraction of sp³-hybridized carbons (Fsp3) is 0.333. The Morgan fingerprint density at radius 1 is 0.328 bits per heavy atom. The minimum atomic E-state index is -10.1. The zero-order valence-corrected chi connectivity index (χ0v) is 33.2. The van der Waals surface area contributed by atoms with Crippen molar-refractivity contribution >= 4 is 36.3 Å². The summed E-state index contributed by atoms with van der Waals surface area (Å²) < 4.78 is 399. The maximum absolute atomic E-state index is 15.6. The Labute approximate surface area is 355 Å². The molecule has 0 N–H and O–H groups in total. The van der Waals surface area contributed by atoms with Crippen LogP contribution in [0, 0.1) is 0 Å². The van der Waals surface area contributed by atoms with Crippen LogP contribution in [-0.2, 0) is 44.5 Å². The Bertz CT molecular complexity index is 2290. The summed E-state index contributed by atoms with van der Waals surface area (Å²) in [5.41, 5.74) is -37.4. The summed E-state index contributed by atoms with van der Waals surface area (Å²) in [6.45, 7) is 0. The van der Waals surface area contributed by atoms with Gasteiger partial charge in [-0.05, 0) is 0 Å². The van der Waals surface area contributed by atoms with E-state index in [2.05, 4.69) is 17.9 Å². The Hall–Kier alpha value is -4.35. The summed E-state index contributed by atoms with van der Waals surface area (Å²) >= 11 is 0. The van der Waals surface area contributed by atoms with Crippen molar-refractivity contribution in [1.82, 2.24) is 0 Å². The number of hydrogen-bond donors (Lipinski definition) is 0. The summed E-state index contributed by atoms with van der Waals surface area (Å²) in [6.07, 6.45) is -59.0. The van der Waals surface area contributed by atoms with Gasteiger partial charge in [0.05, 0.1) is 0 Å². The quantitative estimate of drug-likeness (QED) is 0.114. The molecular formula is C36H16F24O5PSi-. The van der Waals surface area contributed by atoms with Gasteiger partial charge in [-0.15, -0.1) is 0 Å². The van der Waals surface area contributed by atoms with Crippen molar-refractivity contribution < 1.29 is 127 Å². The molecule has 0 atom stereocenters. The van der Waals surface area contributed by atoms with Crippen LogP contribution in [0.25, 0.3) is 0 Å². The van der Waals surface area contributed by atoms with E-state index in [1.54, 1.807) is 0 Å². The summed E-state index contributed by atoms with van der Waals surface area (Å²) in [6, 6.07) is -1.81. The van der Waals surface area contributed by atoms with E-state index in [0.717, 1.165) is 0 Å². The fourth-order valence-electron chi connectivity index (χ4n) is 9.42. The van der Waals surface area contributed by atoms with Crippen molar-refractivity contribution in [3.05, 3.63) is 119 Å². The number of hydrogen-bond acceptors (Lipinski definition) is 5. The predicted molar refractivity (Wildman–Crippen MR) is 178 cm³/mol. The maximum atomic E-state index is 15.6. The molecule has 0 unspecified atom stereocenters. The van der Waals surface area contributed by atoms with Gasteiger partial charge in [-0.25, -0.2) is 0 Å². The Morgan fingerprint density at radius 3 is 0.836 bits per heavy atom. The van der Waals surface area contributed by atoms with E-state index in [-0.39, 0.29) is 72.8 Å². The van der Waals surface area contributed by atoms with Crippen LogP contribution in [0.15, 0.2) is 97.1 Å². The van der Waals surface area contributed by atoms with E-state index in [1.165, 1.54) is 0 Å². The van der Waals surface area contributed by atoms with Crippen LogP contribution in [0.1, 0.15) is 22.3 Å². The van der Waals surface area contributed by atoms with E-state index < -0.39 is 155 Å². The second-order valence-electron chi connectivity index (χ2n) is 15.2. The molecule has 4 aromatic rings. The molecule has 0 radical (unpaired) electrons. The third kappa shape index (κ3) is 5.29. The van der Waals surface area contributed by atoms with Gasteiger partial charge in [-0.2, -0.15) is 0 Å². The molecule has 0 aromatic heterocycles. The predicted octanol–water partition coefficient (Wildman–Crippen LogP) is 11.1.